The van der Waals surface area contributed by atoms with Gasteiger partial charge in [0, 0.05) is 19.9 Å². The summed E-state index contributed by atoms with van der Waals surface area (Å²) in [4.78, 5) is 123. The topological polar surface area (TPSA) is 360 Å². The smallest absolute Gasteiger partial charge is 0.245 e. The maximum Gasteiger partial charge on any atom is 0.245 e. The summed E-state index contributed by atoms with van der Waals surface area (Å²) >= 11 is 0. The minimum Gasteiger partial charge on any atom is -0.391 e. The Morgan fingerprint density at radius 3 is 1.67 bits per heavy atom. The van der Waals surface area contributed by atoms with Crippen molar-refractivity contribution in [3.63, 3.8) is 0 Å². The minimum absolute atomic E-state index is 0.0467. The SMILES string of the molecule is CCCCC[C@H](NC(C)=O)C(=O)N[C@H]1CCNC(=O)[C@H]([C@@H](C)O)NC(=O)[C@H](CCN)NC(=O)[C@H](CCN)NC(=O)[C@H](CC(C)C)NC(=O)[C@@H](Cc2ccccc2)NC(=O)[C@H](CCN)NC1=O. The van der Waals surface area contributed by atoms with E-state index in [0.29, 0.717) is 12.0 Å². The molecular formula is C44H74N12O10. The highest BCUT2D eigenvalue weighted by Gasteiger charge is 2.36. The van der Waals surface area contributed by atoms with E-state index in [1.165, 1.54) is 13.8 Å². The van der Waals surface area contributed by atoms with Crippen molar-refractivity contribution < 1.29 is 48.3 Å². The summed E-state index contributed by atoms with van der Waals surface area (Å²) in [5.74, 6) is -7.15. The van der Waals surface area contributed by atoms with E-state index in [9.17, 15) is 48.3 Å². The van der Waals surface area contributed by atoms with Crippen LogP contribution in [0.15, 0.2) is 30.3 Å². The van der Waals surface area contributed by atoms with Gasteiger partial charge in [0.1, 0.15) is 48.3 Å². The van der Waals surface area contributed by atoms with E-state index in [0.717, 1.165) is 12.8 Å². The molecule has 1 aliphatic rings. The number of amides is 9. The second-order valence-electron chi connectivity index (χ2n) is 17.0. The van der Waals surface area contributed by atoms with Crippen LogP contribution in [0.3, 0.4) is 0 Å². The lowest BCUT2D eigenvalue weighted by Crippen LogP contribution is -2.61. The van der Waals surface area contributed by atoms with Crippen LogP contribution < -0.4 is 65.1 Å². The van der Waals surface area contributed by atoms with E-state index >= 15 is 0 Å². The van der Waals surface area contributed by atoms with E-state index in [1.54, 1.807) is 30.3 Å². The first-order valence-electron chi connectivity index (χ1n) is 22.8. The average Bonchev–Trinajstić information content (AvgIpc) is 3.25. The number of hydrogen-bond donors (Lipinski definition) is 13. The number of rotatable bonds is 18. The third-order valence-corrected chi connectivity index (χ3v) is 10.7. The fourth-order valence-corrected chi connectivity index (χ4v) is 7.19. The molecule has 0 spiro atoms. The van der Waals surface area contributed by atoms with Gasteiger partial charge in [-0.05, 0) is 76.6 Å². The summed E-state index contributed by atoms with van der Waals surface area (Å²) in [6.07, 6.45) is 0.405. The summed E-state index contributed by atoms with van der Waals surface area (Å²) in [6.45, 7) is 7.52. The van der Waals surface area contributed by atoms with Crippen LogP contribution in [0.5, 0.6) is 0 Å². The quantitative estimate of drug-likeness (QED) is 0.0643. The molecule has 1 fully saturated rings. The van der Waals surface area contributed by atoms with Gasteiger partial charge in [0.25, 0.3) is 0 Å². The first-order chi connectivity index (χ1) is 31.3. The molecule has 9 amide bonds. The van der Waals surface area contributed by atoms with Crippen molar-refractivity contribution in [2.75, 3.05) is 26.2 Å². The van der Waals surface area contributed by atoms with Crippen molar-refractivity contribution in [2.24, 2.45) is 23.1 Å². The van der Waals surface area contributed by atoms with Gasteiger partial charge in [-0.1, -0.05) is 70.4 Å². The predicted molar refractivity (Wildman–Crippen MR) is 245 cm³/mol. The first-order valence-corrected chi connectivity index (χ1v) is 22.8. The lowest BCUT2D eigenvalue weighted by Gasteiger charge is -2.28. The molecule has 16 N–H and O–H groups in total. The van der Waals surface area contributed by atoms with Crippen LogP contribution in [0.1, 0.15) is 98.0 Å². The van der Waals surface area contributed by atoms with E-state index in [-0.39, 0.29) is 77.0 Å². The van der Waals surface area contributed by atoms with Crippen LogP contribution in [-0.2, 0) is 49.6 Å². The van der Waals surface area contributed by atoms with Crippen LogP contribution in [0.4, 0.5) is 0 Å². The molecule has 1 aromatic carbocycles. The minimum atomic E-state index is -1.58. The maximum absolute atomic E-state index is 14.2. The number of hydrogen-bond acceptors (Lipinski definition) is 13. The van der Waals surface area contributed by atoms with Crippen LogP contribution in [-0.4, -0.2) is 139 Å². The second kappa shape index (κ2) is 29.7. The monoisotopic (exact) mass is 931 g/mol. The van der Waals surface area contributed by atoms with Gasteiger partial charge in [0.2, 0.25) is 53.2 Å². The van der Waals surface area contributed by atoms with Gasteiger partial charge in [0.15, 0.2) is 0 Å². The van der Waals surface area contributed by atoms with Gasteiger partial charge in [-0.25, -0.2) is 0 Å². The van der Waals surface area contributed by atoms with Crippen LogP contribution in [0, 0.1) is 5.92 Å². The van der Waals surface area contributed by atoms with Crippen molar-refractivity contribution in [1.82, 2.24) is 47.9 Å². The van der Waals surface area contributed by atoms with Crippen molar-refractivity contribution in [3.05, 3.63) is 35.9 Å². The Hall–Kier alpha value is -5.71. The summed E-state index contributed by atoms with van der Waals surface area (Å²) < 4.78 is 0. The molecule has 0 saturated carbocycles. The number of aliphatic hydroxyl groups is 1. The van der Waals surface area contributed by atoms with Crippen LogP contribution in [0.25, 0.3) is 0 Å². The number of aliphatic hydroxyl groups excluding tert-OH is 1. The number of carbonyl (C=O) groups excluding carboxylic acids is 9. The number of carbonyl (C=O) groups is 9. The Bertz CT molecular complexity index is 1770. The zero-order chi connectivity index (χ0) is 49.3. The number of nitrogens with one attached hydrogen (secondary N) is 9. The fourth-order valence-electron chi connectivity index (χ4n) is 7.19. The Balaban J connectivity index is 2.73. The molecule has 0 radical (unpaired) electrons. The molecular weight excluding hydrogens is 857 g/mol. The third-order valence-electron chi connectivity index (χ3n) is 10.7. The Labute approximate surface area is 387 Å². The molecule has 0 bridgehead atoms. The van der Waals surface area contributed by atoms with Gasteiger partial charge < -0.3 is 70.2 Å². The largest absolute Gasteiger partial charge is 0.391 e. The molecule has 22 nitrogen and oxygen atoms in total. The highest BCUT2D eigenvalue weighted by Crippen LogP contribution is 2.11. The maximum atomic E-state index is 14.2. The number of unbranched alkanes of at least 4 members (excludes halogenated alkanes) is 2. The Morgan fingerprint density at radius 1 is 0.682 bits per heavy atom. The lowest BCUT2D eigenvalue weighted by atomic mass is 10.00. The summed E-state index contributed by atoms with van der Waals surface area (Å²) in [5.41, 5.74) is 18.2. The molecule has 1 aliphatic heterocycles. The molecule has 2 rings (SSSR count). The van der Waals surface area contributed by atoms with Crippen LogP contribution in [0.2, 0.25) is 0 Å². The van der Waals surface area contributed by atoms with Gasteiger partial charge in [-0.3, -0.25) is 43.2 Å². The normalized spacial score (nSPS) is 24.3. The van der Waals surface area contributed by atoms with Crippen molar-refractivity contribution >= 4 is 53.2 Å². The molecule has 0 unspecified atom stereocenters. The fraction of sp³-hybridized carbons (Fsp3) is 0.659. The van der Waals surface area contributed by atoms with E-state index < -0.39 is 108 Å². The molecule has 9 atom stereocenters. The Kier molecular flexibility index (Phi) is 25.4. The van der Waals surface area contributed by atoms with Crippen molar-refractivity contribution in [1.29, 1.82) is 0 Å². The lowest BCUT2D eigenvalue weighted by molar-refractivity contribution is -0.136. The summed E-state index contributed by atoms with van der Waals surface area (Å²) in [5, 5.41) is 34.1. The zero-order valence-corrected chi connectivity index (χ0v) is 38.9. The van der Waals surface area contributed by atoms with Gasteiger partial charge in [-0.2, -0.15) is 0 Å². The Morgan fingerprint density at radius 2 is 1.17 bits per heavy atom. The highest BCUT2D eigenvalue weighted by atomic mass is 16.3. The zero-order valence-electron chi connectivity index (χ0n) is 38.9. The molecule has 1 saturated heterocycles. The average molecular weight is 931 g/mol. The predicted octanol–water partition coefficient (Wildman–Crippen LogP) is -3.30. The first kappa shape index (κ1) is 56.4. The summed E-state index contributed by atoms with van der Waals surface area (Å²) in [7, 11) is 0. The molecule has 0 aromatic heterocycles. The molecule has 66 heavy (non-hydrogen) atoms. The molecule has 1 aromatic rings. The second-order valence-corrected chi connectivity index (χ2v) is 17.0. The third kappa shape index (κ3) is 19.8. The molecule has 22 heteroatoms. The van der Waals surface area contributed by atoms with Gasteiger partial charge in [-0.15, -0.1) is 0 Å². The highest BCUT2D eigenvalue weighted by molar-refractivity contribution is 5.98. The standard InChI is InChI=1S/C44H74N12O10/c1-6-7-9-14-29(49-27(5)58)37(59)53-33-18-22-48-44(66)36(26(4)57)56-41(63)32(17-21-47)51-38(60)30(15-19-45)52-42(64)34(23-25(2)3)54-43(65)35(24-28-12-10-8-11-13-28)55-39(61)31(16-20-46)50-40(33)62/h8,10-13,25-26,29-36,57H,6-7,9,14-24,45-47H2,1-5H3,(H,48,66)(H,49,58)(H,50,62)(H,51,60)(H,52,64)(H,53,59)(H,54,65)(H,55,61)(H,56,63)/t26-,29+,30+,31+,32+,33+,34+,35-,36+/m1/s1. The van der Waals surface area contributed by atoms with E-state index in [2.05, 4.69) is 47.9 Å². The van der Waals surface area contributed by atoms with Crippen molar-refractivity contribution in [3.8, 4) is 0 Å². The molecule has 370 valence electrons. The van der Waals surface area contributed by atoms with Gasteiger partial charge in [0.05, 0.1) is 6.10 Å². The number of nitrogens with two attached hydrogens (primary N) is 3. The molecule has 0 aliphatic carbocycles. The summed E-state index contributed by atoms with van der Waals surface area (Å²) in [6, 6.07) is -1.86. The van der Waals surface area contributed by atoms with Gasteiger partial charge >= 0.3 is 0 Å². The van der Waals surface area contributed by atoms with E-state index in [1.807, 2.05) is 20.8 Å². The van der Waals surface area contributed by atoms with Crippen LogP contribution >= 0.6 is 0 Å². The number of benzene rings is 1. The molecule has 1 heterocycles. The van der Waals surface area contributed by atoms with E-state index in [4.69, 9.17) is 17.2 Å². The van der Waals surface area contributed by atoms with Crippen molar-refractivity contribution in [2.45, 2.75) is 153 Å².